The molecule has 0 radical (unpaired) electrons. The van der Waals surface area contributed by atoms with Gasteiger partial charge in [0.1, 0.15) is 29.8 Å². The van der Waals surface area contributed by atoms with Gasteiger partial charge in [-0.15, -0.1) is 0 Å². The number of nitriles is 1. The van der Waals surface area contributed by atoms with Crippen molar-refractivity contribution in [2.24, 2.45) is 0 Å². The first kappa shape index (κ1) is 26.2. The Labute approximate surface area is 204 Å². The van der Waals surface area contributed by atoms with Crippen molar-refractivity contribution in [2.45, 2.75) is 43.6 Å². The van der Waals surface area contributed by atoms with Crippen LogP contribution in [0.4, 0.5) is 5.82 Å². The van der Waals surface area contributed by atoms with Crippen molar-refractivity contribution in [3.8, 4) is 23.3 Å². The predicted octanol–water partition coefficient (Wildman–Crippen LogP) is -0.219. The zero-order valence-electron chi connectivity index (χ0n) is 19.1. The Balaban J connectivity index is 1.96. The van der Waals surface area contributed by atoms with Gasteiger partial charge in [0.2, 0.25) is 5.88 Å². The number of hydroxylamine groups is 1. The molecule has 0 spiro atoms. The molecule has 1 aromatic heterocycles. The topological polar surface area (TPSA) is 204 Å². The first-order valence-corrected chi connectivity index (χ1v) is 12.0. The third-order valence-corrected chi connectivity index (χ3v) is 6.66. The summed E-state index contributed by atoms with van der Waals surface area (Å²) in [6.45, 7) is 2.76. The van der Waals surface area contributed by atoms with Crippen molar-refractivity contribution in [2.75, 3.05) is 18.1 Å². The molecule has 0 bridgehead atoms. The maximum Gasteiger partial charge on any atom is 0.284 e. The molecule has 2 unspecified atom stereocenters. The quantitative estimate of drug-likeness (QED) is 0.274. The van der Waals surface area contributed by atoms with Crippen LogP contribution in [0.2, 0.25) is 0 Å². The Bertz CT molecular complexity index is 1150. The highest BCUT2D eigenvalue weighted by molar-refractivity contribution is 7.92. The van der Waals surface area contributed by atoms with Crippen molar-refractivity contribution < 1.29 is 33.9 Å². The van der Waals surface area contributed by atoms with E-state index in [-0.39, 0.29) is 41.9 Å². The summed E-state index contributed by atoms with van der Waals surface area (Å²) in [4.78, 5) is 37.8. The van der Waals surface area contributed by atoms with E-state index >= 15 is 0 Å². The Morgan fingerprint density at radius 3 is 2.80 bits per heavy atom. The monoisotopic (exact) mass is 503 g/mol. The number of aliphatic hydroxyl groups is 1. The van der Waals surface area contributed by atoms with Crippen molar-refractivity contribution in [3.05, 3.63) is 35.4 Å². The molecule has 3 atom stereocenters. The number of amides is 1. The molecule has 1 amide bonds. The van der Waals surface area contributed by atoms with Crippen LogP contribution in [-0.4, -0.2) is 60.8 Å². The van der Waals surface area contributed by atoms with Gasteiger partial charge in [-0.2, -0.15) is 14.8 Å². The average molecular weight is 504 g/mol. The standard InChI is InChI=1S/C22H25N5O7S/c1-22(2,31)11-33-27-19(28)16-17(24)25-18(13-5-3-4-12(8-13)10-23)26-20(16)34-14-6-7-35(32)15(9-14)21(29)30/h3-5,8,14-15,31-32H,6-7,9,11H2,1-2H3,(H3-,24,25,26,27,28,29,30)/t14-,15?,35?/m0/s1. The van der Waals surface area contributed by atoms with Gasteiger partial charge in [-0.1, -0.05) is 12.1 Å². The van der Waals surface area contributed by atoms with E-state index in [1.54, 1.807) is 18.2 Å². The van der Waals surface area contributed by atoms with E-state index < -0.39 is 40.0 Å². The second-order valence-electron chi connectivity index (χ2n) is 8.51. The average Bonchev–Trinajstić information content (AvgIpc) is 2.79. The van der Waals surface area contributed by atoms with E-state index in [0.717, 1.165) is 0 Å². The molecule has 35 heavy (non-hydrogen) atoms. The van der Waals surface area contributed by atoms with Gasteiger partial charge in [0.05, 0.1) is 23.2 Å². The van der Waals surface area contributed by atoms with Crippen molar-refractivity contribution in [1.29, 1.82) is 5.26 Å². The molecule has 2 heterocycles. The Kier molecular flexibility index (Phi) is 8.13. The molecule has 186 valence electrons. The van der Waals surface area contributed by atoms with Gasteiger partial charge >= 0.3 is 0 Å². The fourth-order valence-electron chi connectivity index (χ4n) is 3.28. The lowest BCUT2D eigenvalue weighted by molar-refractivity contribution is -0.305. The zero-order valence-corrected chi connectivity index (χ0v) is 19.9. The molecule has 1 aromatic carbocycles. The molecule has 0 aliphatic carbocycles. The number of ether oxygens (including phenoxy) is 1. The number of anilines is 1. The number of benzene rings is 1. The number of rotatable bonds is 8. The van der Waals surface area contributed by atoms with E-state index in [9.17, 15) is 29.6 Å². The Morgan fingerprint density at radius 1 is 1.40 bits per heavy atom. The molecule has 1 aliphatic heterocycles. The molecule has 13 heteroatoms. The van der Waals surface area contributed by atoms with E-state index in [0.29, 0.717) is 17.5 Å². The summed E-state index contributed by atoms with van der Waals surface area (Å²) in [6, 6.07) is 8.43. The summed E-state index contributed by atoms with van der Waals surface area (Å²) in [5.41, 5.74) is 7.58. The van der Waals surface area contributed by atoms with Gasteiger partial charge in [-0.05, 0) is 26.0 Å². The summed E-state index contributed by atoms with van der Waals surface area (Å²) < 4.78 is 15.9. The van der Waals surface area contributed by atoms with Crippen molar-refractivity contribution in [1.82, 2.24) is 15.4 Å². The van der Waals surface area contributed by atoms with Crippen LogP contribution < -0.4 is 21.1 Å². The van der Waals surface area contributed by atoms with Crippen molar-refractivity contribution >= 4 is 28.9 Å². The molecule has 1 saturated heterocycles. The van der Waals surface area contributed by atoms with Gasteiger partial charge in [0.15, 0.2) is 22.3 Å². The zero-order chi connectivity index (χ0) is 25.8. The van der Waals surface area contributed by atoms with Crippen LogP contribution in [0.5, 0.6) is 5.88 Å². The number of aromatic nitrogens is 2. The maximum atomic E-state index is 12.8. The minimum atomic E-state index is -1.39. The van der Waals surface area contributed by atoms with Crippen LogP contribution in [0.1, 0.15) is 42.6 Å². The highest BCUT2D eigenvalue weighted by Crippen LogP contribution is 2.30. The lowest BCUT2D eigenvalue weighted by Crippen LogP contribution is -2.48. The van der Waals surface area contributed by atoms with E-state index in [1.807, 2.05) is 6.07 Å². The van der Waals surface area contributed by atoms with Crippen molar-refractivity contribution in [3.63, 3.8) is 0 Å². The number of hydrogen-bond acceptors (Lipinski definition) is 11. The minimum absolute atomic E-state index is 0.0542. The first-order chi connectivity index (χ1) is 16.5. The number of nitrogens with two attached hydrogens (primary N) is 1. The van der Waals surface area contributed by atoms with Crippen LogP contribution in [-0.2, 0) is 20.8 Å². The SMILES string of the molecule is CC(C)(O)CONC(=O)c1c(N)nc(-c2cccc(C#N)c2)nc1O[C@H]1CC[S+](O)C(C(=O)[O-])C1. The Hall–Kier alpha value is -3.44. The minimum Gasteiger partial charge on any atom is -0.545 e. The highest BCUT2D eigenvalue weighted by Gasteiger charge is 2.40. The number of carboxylic acid groups (broad SMARTS) is 1. The first-order valence-electron chi connectivity index (χ1n) is 10.6. The van der Waals surface area contributed by atoms with E-state index in [2.05, 4.69) is 15.4 Å². The summed E-state index contributed by atoms with van der Waals surface area (Å²) >= 11 is -1.36. The van der Waals surface area contributed by atoms with Crippen LogP contribution in [0, 0.1) is 11.3 Å². The molecule has 3 rings (SSSR count). The van der Waals surface area contributed by atoms with Crippen LogP contribution in [0.25, 0.3) is 11.4 Å². The molecule has 0 saturated carbocycles. The predicted molar refractivity (Wildman–Crippen MR) is 124 cm³/mol. The fraction of sp³-hybridized carbons (Fsp3) is 0.409. The number of nitrogen functional groups attached to an aromatic ring is 1. The van der Waals surface area contributed by atoms with Gasteiger partial charge in [-0.3, -0.25) is 9.63 Å². The molecule has 5 N–H and O–H groups in total. The molecule has 2 aromatic rings. The molecule has 1 aliphatic rings. The number of carbonyl (C=O) groups excluding carboxylic acids is 2. The van der Waals surface area contributed by atoms with Gasteiger partial charge in [-0.25, -0.2) is 10.5 Å². The van der Waals surface area contributed by atoms with Gasteiger partial charge in [0, 0.05) is 18.4 Å². The smallest absolute Gasteiger partial charge is 0.284 e. The lowest BCUT2D eigenvalue weighted by atomic mass is 10.1. The lowest BCUT2D eigenvalue weighted by Gasteiger charge is -2.27. The molecule has 12 nitrogen and oxygen atoms in total. The number of nitrogens with one attached hydrogen (secondary N) is 1. The molecular weight excluding hydrogens is 478 g/mol. The number of nitrogens with zero attached hydrogens (tertiary/aromatic N) is 3. The number of carboxylic acids is 1. The van der Waals surface area contributed by atoms with Gasteiger partial charge < -0.3 is 25.5 Å². The normalized spacial score (nSPS) is 20.0. The molecular formula is C22H25N5O7S. The second kappa shape index (κ2) is 10.9. The second-order valence-corrected chi connectivity index (χ2v) is 10.3. The largest absolute Gasteiger partial charge is 0.545 e. The van der Waals surface area contributed by atoms with Crippen LogP contribution in [0.15, 0.2) is 24.3 Å². The number of hydrogen-bond donors (Lipinski definition) is 4. The van der Waals surface area contributed by atoms with Crippen LogP contribution in [0.3, 0.4) is 0 Å². The van der Waals surface area contributed by atoms with Gasteiger partial charge in [0.25, 0.3) is 5.91 Å². The maximum absolute atomic E-state index is 12.8. The summed E-state index contributed by atoms with van der Waals surface area (Å²) in [5, 5.41) is 29.2. The number of aliphatic carboxylic acids is 1. The van der Waals surface area contributed by atoms with Crippen LogP contribution >= 0.6 is 0 Å². The third kappa shape index (κ3) is 6.80. The third-order valence-electron chi connectivity index (χ3n) is 4.97. The summed E-state index contributed by atoms with van der Waals surface area (Å²) in [6.07, 6.45) is -0.449. The Morgan fingerprint density at radius 2 is 2.14 bits per heavy atom. The fourth-order valence-corrected chi connectivity index (χ4v) is 4.72. The number of carbonyl (C=O) groups is 2. The van der Waals surface area contributed by atoms with E-state index in [4.69, 9.17) is 15.3 Å². The summed E-state index contributed by atoms with van der Waals surface area (Å²) in [7, 11) is 0. The molecule has 1 fully saturated rings. The summed E-state index contributed by atoms with van der Waals surface area (Å²) in [5.74, 6) is -2.44. The van der Waals surface area contributed by atoms with E-state index in [1.165, 1.54) is 19.9 Å². The highest BCUT2D eigenvalue weighted by atomic mass is 32.2.